The number of pyridine rings is 2. The molecule has 6 nitrogen and oxygen atoms in total. The Balaban J connectivity index is 0.000000686. The third-order valence-corrected chi connectivity index (χ3v) is 5.30. The molecule has 170 valence electrons. The van der Waals surface area contributed by atoms with Crippen LogP contribution in [0.1, 0.15) is 56.9 Å². The molecule has 0 amide bonds. The van der Waals surface area contributed by atoms with E-state index in [4.69, 9.17) is 9.47 Å². The Kier molecular flexibility index (Phi) is 7.03. The summed E-state index contributed by atoms with van der Waals surface area (Å²) < 4.78 is 39.3. The molecule has 0 aliphatic carbocycles. The Morgan fingerprint density at radius 1 is 1.06 bits per heavy atom. The molecule has 0 spiro atoms. The van der Waals surface area contributed by atoms with E-state index in [1.165, 1.54) is 11.7 Å². The van der Waals surface area contributed by atoms with Gasteiger partial charge in [0, 0.05) is 24.1 Å². The van der Waals surface area contributed by atoms with Crippen molar-refractivity contribution in [2.45, 2.75) is 53.4 Å². The Labute approximate surface area is 184 Å². The lowest BCUT2D eigenvalue weighted by atomic mass is 10.0. The third kappa shape index (κ3) is 3.90. The molecule has 0 bridgehead atoms. The number of ether oxygens (including phenoxy) is 2. The average Bonchev–Trinajstić information content (AvgIpc) is 3.07. The van der Waals surface area contributed by atoms with Crippen LogP contribution >= 0.6 is 0 Å². The number of esters is 1. The number of carbonyl (C=O) groups excluding carboxylic acids is 1. The van der Waals surface area contributed by atoms with E-state index in [1.54, 1.807) is 12.1 Å². The zero-order chi connectivity index (χ0) is 23.6. The molecule has 0 radical (unpaired) electrons. The summed E-state index contributed by atoms with van der Waals surface area (Å²) in [6.45, 7) is 8.14. The standard InChI is InChI=1S/C20H14F2N2O4.2C2H6/c1-27-17-6-18(25)28-8-12-11(17)4-16-19-10(7-24(16)20(12)26)2-9-3-13(21)14(22)5-15(9)23-19;2*1-2/h2-5,17H,6-8H2,1H3;2*1-2H3. The summed E-state index contributed by atoms with van der Waals surface area (Å²) in [6.07, 6.45) is -0.589. The molecule has 3 aromatic rings. The van der Waals surface area contributed by atoms with E-state index >= 15 is 0 Å². The molecule has 0 N–H and O–H groups in total. The molecule has 0 saturated carbocycles. The second kappa shape index (κ2) is 9.56. The predicted octanol–water partition coefficient (Wildman–Crippen LogP) is 4.89. The number of aromatic nitrogens is 2. The van der Waals surface area contributed by atoms with Gasteiger partial charge in [0.2, 0.25) is 0 Å². The van der Waals surface area contributed by atoms with Crippen molar-refractivity contribution in [3.8, 4) is 11.4 Å². The number of rotatable bonds is 1. The summed E-state index contributed by atoms with van der Waals surface area (Å²) >= 11 is 0. The van der Waals surface area contributed by atoms with E-state index < -0.39 is 23.7 Å². The van der Waals surface area contributed by atoms with Gasteiger partial charge in [-0.05, 0) is 23.8 Å². The van der Waals surface area contributed by atoms with Gasteiger partial charge in [0.05, 0.1) is 41.5 Å². The number of carbonyl (C=O) groups is 1. The van der Waals surface area contributed by atoms with E-state index in [-0.39, 0.29) is 25.1 Å². The lowest BCUT2D eigenvalue weighted by Crippen LogP contribution is -2.25. The lowest BCUT2D eigenvalue weighted by Gasteiger charge is -2.16. The molecule has 5 rings (SSSR count). The van der Waals surface area contributed by atoms with Crippen LogP contribution < -0.4 is 5.56 Å². The van der Waals surface area contributed by atoms with Gasteiger partial charge in [-0.25, -0.2) is 13.8 Å². The second-order valence-electron chi connectivity index (χ2n) is 6.90. The molecule has 1 atom stereocenters. The number of hydrogen-bond acceptors (Lipinski definition) is 5. The quantitative estimate of drug-likeness (QED) is 0.391. The highest BCUT2D eigenvalue weighted by Crippen LogP contribution is 2.36. The lowest BCUT2D eigenvalue weighted by molar-refractivity contribution is -0.146. The number of fused-ring (bicyclic) bond motifs is 5. The maximum atomic E-state index is 13.6. The van der Waals surface area contributed by atoms with Crippen LogP contribution in [0.2, 0.25) is 0 Å². The molecule has 2 aromatic heterocycles. The molecular weight excluding hydrogens is 418 g/mol. The van der Waals surface area contributed by atoms with Gasteiger partial charge in [0.1, 0.15) is 6.61 Å². The fourth-order valence-electron chi connectivity index (χ4n) is 3.90. The minimum absolute atomic E-state index is 0.00882. The Bertz CT molecular complexity index is 1240. The SMILES string of the molecule is CC.CC.COC1CC(=O)OCc2c1cc1n(c2=O)Cc2cc3cc(F)c(F)cc3nc2-1. The maximum absolute atomic E-state index is 13.6. The zero-order valence-corrected chi connectivity index (χ0v) is 18.8. The Morgan fingerprint density at radius 3 is 2.44 bits per heavy atom. The summed E-state index contributed by atoms with van der Waals surface area (Å²) in [6, 6.07) is 5.63. The minimum atomic E-state index is -0.979. The average molecular weight is 444 g/mol. The maximum Gasteiger partial charge on any atom is 0.309 e. The van der Waals surface area contributed by atoms with Crippen LogP contribution in [0.3, 0.4) is 0 Å². The first-order valence-electron chi connectivity index (χ1n) is 10.7. The summed E-state index contributed by atoms with van der Waals surface area (Å²) in [5, 5.41) is 0.462. The van der Waals surface area contributed by atoms with Crippen molar-refractivity contribution in [1.29, 1.82) is 0 Å². The smallest absolute Gasteiger partial charge is 0.309 e. The van der Waals surface area contributed by atoms with Gasteiger partial charge in [-0.1, -0.05) is 27.7 Å². The van der Waals surface area contributed by atoms with Crippen LogP contribution in [0.25, 0.3) is 22.3 Å². The highest BCUT2D eigenvalue weighted by atomic mass is 19.2. The van der Waals surface area contributed by atoms with Gasteiger partial charge in [-0.2, -0.15) is 0 Å². The highest BCUT2D eigenvalue weighted by molar-refractivity contribution is 5.84. The van der Waals surface area contributed by atoms with E-state index in [0.717, 1.165) is 17.7 Å². The van der Waals surface area contributed by atoms with Gasteiger partial charge in [0.25, 0.3) is 5.56 Å². The summed E-state index contributed by atoms with van der Waals surface area (Å²) in [7, 11) is 1.47. The number of nitrogens with zero attached hydrogens (tertiary/aromatic N) is 2. The molecule has 2 aliphatic heterocycles. The molecule has 0 saturated heterocycles. The molecule has 8 heteroatoms. The predicted molar refractivity (Wildman–Crippen MR) is 117 cm³/mol. The van der Waals surface area contributed by atoms with Gasteiger partial charge >= 0.3 is 5.97 Å². The van der Waals surface area contributed by atoms with Crippen LogP contribution in [-0.4, -0.2) is 22.6 Å². The van der Waals surface area contributed by atoms with E-state index in [2.05, 4.69) is 4.98 Å². The molecule has 2 aliphatic rings. The van der Waals surface area contributed by atoms with Crippen molar-refractivity contribution in [3.05, 3.63) is 62.9 Å². The van der Waals surface area contributed by atoms with E-state index in [1.807, 2.05) is 27.7 Å². The largest absolute Gasteiger partial charge is 0.460 e. The van der Waals surface area contributed by atoms with Gasteiger partial charge in [-0.15, -0.1) is 0 Å². The summed E-state index contributed by atoms with van der Waals surface area (Å²) in [5.41, 5.74) is 2.80. The first-order chi connectivity index (χ1) is 15.5. The highest BCUT2D eigenvalue weighted by Gasteiger charge is 2.31. The number of methoxy groups -OCH3 is 1. The summed E-state index contributed by atoms with van der Waals surface area (Å²) in [4.78, 5) is 29.3. The molecule has 1 aromatic carbocycles. The minimum Gasteiger partial charge on any atom is -0.460 e. The van der Waals surface area contributed by atoms with Crippen LogP contribution in [0.5, 0.6) is 0 Å². The second-order valence-corrected chi connectivity index (χ2v) is 6.90. The van der Waals surface area contributed by atoms with Gasteiger partial charge in [0.15, 0.2) is 11.6 Å². The monoisotopic (exact) mass is 444 g/mol. The molecule has 0 fully saturated rings. The van der Waals surface area contributed by atoms with Gasteiger partial charge < -0.3 is 14.0 Å². The van der Waals surface area contributed by atoms with Crippen LogP contribution in [0.4, 0.5) is 8.78 Å². The van der Waals surface area contributed by atoms with Crippen molar-refractivity contribution in [1.82, 2.24) is 9.55 Å². The van der Waals surface area contributed by atoms with E-state index in [9.17, 15) is 18.4 Å². The fraction of sp³-hybridized carbons (Fsp3) is 0.375. The topological polar surface area (TPSA) is 70.4 Å². The Morgan fingerprint density at radius 2 is 1.75 bits per heavy atom. The van der Waals surface area contributed by atoms with Crippen molar-refractivity contribution in [3.63, 3.8) is 0 Å². The van der Waals surface area contributed by atoms with Crippen molar-refractivity contribution in [2.75, 3.05) is 7.11 Å². The van der Waals surface area contributed by atoms with Crippen molar-refractivity contribution in [2.24, 2.45) is 0 Å². The van der Waals surface area contributed by atoms with Crippen LogP contribution in [-0.2, 0) is 27.4 Å². The van der Waals surface area contributed by atoms with Crippen molar-refractivity contribution < 1.29 is 23.0 Å². The first-order valence-corrected chi connectivity index (χ1v) is 10.7. The Hall–Kier alpha value is -3.13. The first kappa shape index (κ1) is 23.5. The van der Waals surface area contributed by atoms with Crippen molar-refractivity contribution >= 4 is 16.9 Å². The molecule has 1 unspecified atom stereocenters. The van der Waals surface area contributed by atoms with Crippen LogP contribution in [0, 0.1) is 11.6 Å². The molecular formula is C24H26F2N2O4. The number of hydrogen-bond donors (Lipinski definition) is 0. The van der Waals surface area contributed by atoms with Crippen LogP contribution in [0.15, 0.2) is 29.1 Å². The number of halogens is 2. The third-order valence-electron chi connectivity index (χ3n) is 5.30. The number of benzene rings is 1. The normalized spacial score (nSPS) is 15.8. The van der Waals surface area contributed by atoms with E-state index in [0.29, 0.717) is 33.4 Å². The zero-order valence-electron chi connectivity index (χ0n) is 18.8. The number of cyclic esters (lactones) is 1. The molecule has 4 heterocycles. The molecule has 32 heavy (non-hydrogen) atoms. The van der Waals surface area contributed by atoms with Gasteiger partial charge in [-0.3, -0.25) is 9.59 Å². The fourth-order valence-corrected chi connectivity index (χ4v) is 3.90. The summed E-state index contributed by atoms with van der Waals surface area (Å²) in [5.74, 6) is -2.36.